The van der Waals surface area contributed by atoms with Crippen molar-refractivity contribution in [3.8, 4) is 12.3 Å². The van der Waals surface area contributed by atoms with E-state index in [0.717, 1.165) is 20.7 Å². The molecular formula is C18H16N2O2S3. The van der Waals surface area contributed by atoms with Crippen LogP contribution in [0.25, 0.3) is 10.2 Å². The maximum Gasteiger partial charge on any atom is 0.285 e. The molecule has 0 saturated carbocycles. The summed E-state index contributed by atoms with van der Waals surface area (Å²) in [5.74, 6) is 2.57. The first-order chi connectivity index (χ1) is 11.9. The summed E-state index contributed by atoms with van der Waals surface area (Å²) in [5, 5.41) is 0. The number of hydrogen-bond donors (Lipinski definition) is 0. The number of sulfonamides is 1. The van der Waals surface area contributed by atoms with E-state index in [-0.39, 0.29) is 11.4 Å². The first kappa shape index (κ1) is 17.8. The van der Waals surface area contributed by atoms with Crippen molar-refractivity contribution in [1.29, 1.82) is 0 Å². The highest BCUT2D eigenvalue weighted by Crippen LogP contribution is 2.24. The molecule has 0 atom stereocenters. The van der Waals surface area contributed by atoms with E-state index in [1.807, 2.05) is 31.4 Å². The molecule has 0 unspecified atom stereocenters. The summed E-state index contributed by atoms with van der Waals surface area (Å²) in [7, 11) is -3.79. The highest BCUT2D eigenvalue weighted by molar-refractivity contribution is 7.98. The monoisotopic (exact) mass is 388 g/mol. The van der Waals surface area contributed by atoms with Crippen molar-refractivity contribution in [2.75, 3.05) is 6.26 Å². The molecule has 7 heteroatoms. The second-order valence-corrected chi connectivity index (χ2v) is 8.88. The summed E-state index contributed by atoms with van der Waals surface area (Å²) in [6.45, 7) is 2.17. The fourth-order valence-corrected chi connectivity index (χ4v) is 5.15. The molecule has 0 aliphatic rings. The summed E-state index contributed by atoms with van der Waals surface area (Å²) < 4.78 is 32.1. The van der Waals surface area contributed by atoms with Gasteiger partial charge in [-0.3, -0.25) is 0 Å². The predicted molar refractivity (Wildman–Crippen MR) is 104 cm³/mol. The van der Waals surface area contributed by atoms with Gasteiger partial charge in [-0.05, 0) is 43.5 Å². The summed E-state index contributed by atoms with van der Waals surface area (Å²) in [6.07, 6.45) is 7.46. The highest BCUT2D eigenvalue weighted by Gasteiger charge is 2.14. The summed E-state index contributed by atoms with van der Waals surface area (Å²) in [4.78, 5) is 1.66. The lowest BCUT2D eigenvalue weighted by Crippen LogP contribution is -2.16. The molecule has 2 aromatic carbocycles. The van der Waals surface area contributed by atoms with Gasteiger partial charge in [0.1, 0.15) is 0 Å². The Hall–Kier alpha value is -2.01. The molecule has 128 valence electrons. The summed E-state index contributed by atoms with van der Waals surface area (Å²) in [6, 6.07) is 12.6. The predicted octanol–water partition coefficient (Wildman–Crippen LogP) is 3.66. The van der Waals surface area contributed by atoms with Crippen molar-refractivity contribution >= 4 is 43.3 Å². The lowest BCUT2D eigenvalue weighted by Gasteiger charge is -2.02. The van der Waals surface area contributed by atoms with Gasteiger partial charge in [0.2, 0.25) is 4.80 Å². The van der Waals surface area contributed by atoms with E-state index in [9.17, 15) is 8.42 Å². The first-order valence-electron chi connectivity index (χ1n) is 7.43. The van der Waals surface area contributed by atoms with E-state index in [4.69, 9.17) is 6.42 Å². The fraction of sp³-hybridized carbons (Fsp3) is 0.167. The Labute approximate surface area is 155 Å². The van der Waals surface area contributed by atoms with E-state index in [2.05, 4.69) is 10.3 Å². The van der Waals surface area contributed by atoms with Crippen molar-refractivity contribution in [2.45, 2.75) is 23.3 Å². The molecule has 3 aromatic rings. The largest absolute Gasteiger partial charge is 0.304 e. The molecule has 1 aromatic heterocycles. The molecule has 0 aliphatic heterocycles. The molecule has 0 N–H and O–H groups in total. The first-order valence-corrected chi connectivity index (χ1v) is 10.9. The van der Waals surface area contributed by atoms with Gasteiger partial charge in [-0.25, -0.2) is 0 Å². The Morgan fingerprint density at radius 1 is 1.24 bits per heavy atom. The molecular weight excluding hydrogens is 372 g/mol. The number of rotatable bonds is 4. The minimum absolute atomic E-state index is 0.174. The van der Waals surface area contributed by atoms with Crippen LogP contribution in [0.3, 0.4) is 0 Å². The minimum Gasteiger partial charge on any atom is -0.304 e. The number of thiazole rings is 1. The average molecular weight is 389 g/mol. The maximum atomic E-state index is 12.6. The number of aromatic nitrogens is 1. The third-order valence-electron chi connectivity index (χ3n) is 3.66. The molecule has 0 saturated heterocycles. The van der Waals surface area contributed by atoms with Gasteiger partial charge in [0, 0.05) is 4.90 Å². The maximum absolute atomic E-state index is 12.6. The van der Waals surface area contributed by atoms with E-state index < -0.39 is 10.0 Å². The molecule has 3 rings (SSSR count). The summed E-state index contributed by atoms with van der Waals surface area (Å²) in [5.41, 5.74) is 1.88. The van der Waals surface area contributed by atoms with Crippen LogP contribution in [-0.2, 0) is 16.6 Å². The number of fused-ring (bicyclic) bond motifs is 1. The molecule has 4 nitrogen and oxygen atoms in total. The van der Waals surface area contributed by atoms with Crippen LogP contribution in [0.15, 0.2) is 56.7 Å². The molecule has 0 radical (unpaired) electrons. The van der Waals surface area contributed by atoms with Gasteiger partial charge in [0.25, 0.3) is 10.0 Å². The van der Waals surface area contributed by atoms with Crippen molar-refractivity contribution in [3.63, 3.8) is 0 Å². The number of terminal acetylenes is 1. The Morgan fingerprint density at radius 2 is 1.96 bits per heavy atom. The van der Waals surface area contributed by atoms with Crippen molar-refractivity contribution in [2.24, 2.45) is 4.40 Å². The Kier molecular flexibility index (Phi) is 5.04. The Bertz CT molecular complexity index is 1130. The van der Waals surface area contributed by atoms with E-state index in [0.29, 0.717) is 4.80 Å². The number of nitrogens with zero attached hydrogens (tertiary/aromatic N) is 2. The molecule has 0 fully saturated rings. The Balaban J connectivity index is 2.22. The van der Waals surface area contributed by atoms with E-state index in [1.165, 1.54) is 11.3 Å². The van der Waals surface area contributed by atoms with E-state index >= 15 is 0 Å². The second kappa shape index (κ2) is 7.08. The molecule has 0 spiro atoms. The molecule has 0 amide bonds. The lowest BCUT2D eigenvalue weighted by molar-refractivity contribution is 0.596. The van der Waals surface area contributed by atoms with E-state index in [1.54, 1.807) is 40.6 Å². The van der Waals surface area contributed by atoms with Gasteiger partial charge >= 0.3 is 0 Å². The van der Waals surface area contributed by atoms with Gasteiger partial charge in [-0.15, -0.1) is 22.6 Å². The number of thioether (sulfide) groups is 1. The van der Waals surface area contributed by atoms with Crippen LogP contribution < -0.4 is 4.80 Å². The zero-order valence-electron chi connectivity index (χ0n) is 13.8. The quantitative estimate of drug-likeness (QED) is 0.506. The van der Waals surface area contributed by atoms with Crippen molar-refractivity contribution < 1.29 is 8.42 Å². The fourth-order valence-electron chi connectivity index (χ4n) is 2.36. The molecule has 25 heavy (non-hydrogen) atoms. The molecule has 0 bridgehead atoms. The zero-order chi connectivity index (χ0) is 18.0. The topological polar surface area (TPSA) is 51.4 Å². The van der Waals surface area contributed by atoms with Crippen LogP contribution in [0.4, 0.5) is 0 Å². The SMILES string of the molecule is C#CCn1/c(=N/S(=O)(=O)c2ccc(C)cc2)sc2cc(SC)ccc21. The van der Waals surface area contributed by atoms with Gasteiger partial charge in [0.15, 0.2) is 0 Å². The normalized spacial score (nSPS) is 12.4. The Morgan fingerprint density at radius 3 is 2.60 bits per heavy atom. The third kappa shape index (κ3) is 3.66. The van der Waals surface area contributed by atoms with Crippen LogP contribution in [0, 0.1) is 19.3 Å². The third-order valence-corrected chi connectivity index (χ3v) is 6.82. The molecule has 1 heterocycles. The minimum atomic E-state index is -3.79. The van der Waals surface area contributed by atoms with Crippen molar-refractivity contribution in [1.82, 2.24) is 4.57 Å². The van der Waals surface area contributed by atoms with Crippen molar-refractivity contribution in [3.05, 3.63) is 52.8 Å². The number of benzene rings is 2. The summed E-state index contributed by atoms with van der Waals surface area (Å²) >= 11 is 2.96. The lowest BCUT2D eigenvalue weighted by atomic mass is 10.2. The van der Waals surface area contributed by atoms with Crippen LogP contribution in [0.1, 0.15) is 5.56 Å². The second-order valence-electron chi connectivity index (χ2n) is 5.39. The molecule has 0 aliphatic carbocycles. The van der Waals surface area contributed by atoms with Crippen LogP contribution in [0.5, 0.6) is 0 Å². The average Bonchev–Trinajstić information content (AvgIpc) is 2.91. The number of hydrogen-bond acceptors (Lipinski definition) is 4. The van der Waals surface area contributed by atoms with Crippen LogP contribution in [0.2, 0.25) is 0 Å². The number of aryl methyl sites for hydroxylation is 1. The van der Waals surface area contributed by atoms with Gasteiger partial charge in [-0.1, -0.05) is 35.0 Å². The van der Waals surface area contributed by atoms with Gasteiger partial charge in [-0.2, -0.15) is 8.42 Å². The van der Waals surface area contributed by atoms with Crippen LogP contribution in [-0.4, -0.2) is 19.2 Å². The highest BCUT2D eigenvalue weighted by atomic mass is 32.2. The smallest absolute Gasteiger partial charge is 0.285 e. The van der Waals surface area contributed by atoms with Gasteiger partial charge in [0.05, 0.1) is 21.7 Å². The van der Waals surface area contributed by atoms with Crippen LogP contribution >= 0.6 is 23.1 Å². The zero-order valence-corrected chi connectivity index (χ0v) is 16.2. The van der Waals surface area contributed by atoms with Gasteiger partial charge < -0.3 is 4.57 Å². The standard InChI is InChI=1S/C18H16N2O2S3/c1-4-11-20-16-10-7-14(23-3)12-17(16)24-18(20)19-25(21,22)15-8-5-13(2)6-9-15/h1,5-10,12H,11H2,2-3H3/b19-18-.